The molecule has 0 aliphatic rings. The number of halogens is 2. The van der Waals surface area contributed by atoms with Crippen LogP contribution in [0.3, 0.4) is 0 Å². The molecule has 0 unspecified atom stereocenters. The van der Waals surface area contributed by atoms with Crippen LogP contribution in [0.2, 0.25) is 10.0 Å². The summed E-state index contributed by atoms with van der Waals surface area (Å²) >= 11 is 11.7. The lowest BCUT2D eigenvalue weighted by Crippen LogP contribution is -1.87. The van der Waals surface area contributed by atoms with Crippen molar-refractivity contribution in [2.45, 2.75) is 0 Å². The monoisotopic (exact) mass is 227 g/mol. The van der Waals surface area contributed by atoms with E-state index < -0.39 is 0 Å². The normalized spacial score (nSPS) is 10.5. The van der Waals surface area contributed by atoms with Gasteiger partial charge in [-0.15, -0.1) is 0 Å². The highest BCUT2D eigenvalue weighted by Crippen LogP contribution is 2.24. The van der Waals surface area contributed by atoms with E-state index in [1.54, 1.807) is 29.2 Å². The molecule has 2 aromatic rings. The quantitative estimate of drug-likeness (QED) is 0.751. The Balaban J connectivity index is 2.51. The molecule has 0 saturated carbocycles. The van der Waals surface area contributed by atoms with Crippen LogP contribution < -0.4 is 0 Å². The van der Waals surface area contributed by atoms with Crippen molar-refractivity contribution in [2.75, 3.05) is 0 Å². The summed E-state index contributed by atoms with van der Waals surface area (Å²) in [4.78, 5) is 4.10. The third-order valence-corrected chi connectivity index (χ3v) is 2.16. The zero-order valence-electron chi connectivity index (χ0n) is 7.41. The van der Waals surface area contributed by atoms with Gasteiger partial charge in [-0.2, -0.15) is 5.10 Å². The first kappa shape index (κ1) is 9.49. The second kappa shape index (κ2) is 3.59. The summed E-state index contributed by atoms with van der Waals surface area (Å²) in [5.41, 5.74) is 0.822. The Bertz CT molecular complexity index is 445. The first-order valence-corrected chi connectivity index (χ1v) is 4.73. The Morgan fingerprint density at radius 3 is 2.29 bits per heavy atom. The van der Waals surface area contributed by atoms with Crippen LogP contribution in [0.1, 0.15) is 0 Å². The average molecular weight is 228 g/mol. The van der Waals surface area contributed by atoms with Gasteiger partial charge < -0.3 is 0 Å². The van der Waals surface area contributed by atoms with E-state index in [1.165, 1.54) is 0 Å². The van der Waals surface area contributed by atoms with Crippen LogP contribution in [0.4, 0.5) is 0 Å². The molecule has 1 heterocycles. The Hall–Kier alpha value is -1.06. The highest BCUT2D eigenvalue weighted by molar-refractivity contribution is 6.35. The van der Waals surface area contributed by atoms with E-state index in [4.69, 9.17) is 23.2 Å². The summed E-state index contributed by atoms with van der Waals surface area (Å²) < 4.78 is 1.63. The molecule has 0 N–H and O–H groups in total. The largest absolute Gasteiger partial charge is 0.255 e. The molecule has 1 aromatic heterocycles. The highest BCUT2D eigenvalue weighted by atomic mass is 35.5. The van der Waals surface area contributed by atoms with Gasteiger partial charge in [0.15, 0.2) is 5.82 Å². The molecule has 5 heteroatoms. The lowest BCUT2D eigenvalue weighted by Gasteiger charge is -1.97. The topological polar surface area (TPSA) is 30.7 Å². The Kier molecular flexibility index (Phi) is 2.44. The van der Waals surface area contributed by atoms with E-state index in [1.807, 2.05) is 7.05 Å². The lowest BCUT2D eigenvalue weighted by atomic mass is 10.2. The maximum Gasteiger partial charge on any atom is 0.181 e. The zero-order valence-corrected chi connectivity index (χ0v) is 8.92. The first-order chi connectivity index (χ1) is 6.65. The minimum absolute atomic E-state index is 0.583. The van der Waals surface area contributed by atoms with Gasteiger partial charge in [0.1, 0.15) is 6.33 Å². The molecular weight excluding hydrogens is 221 g/mol. The number of hydrogen-bond donors (Lipinski definition) is 0. The molecule has 14 heavy (non-hydrogen) atoms. The molecule has 1 aromatic carbocycles. The zero-order chi connectivity index (χ0) is 10.1. The standard InChI is InChI=1S/C9H7Cl2N3/c1-14-5-12-9(13-14)6-2-7(10)4-8(11)3-6/h2-5H,1H3. The molecule has 0 saturated heterocycles. The molecule has 72 valence electrons. The summed E-state index contributed by atoms with van der Waals surface area (Å²) in [6, 6.07) is 5.24. The fraction of sp³-hybridized carbons (Fsp3) is 0.111. The Morgan fingerprint density at radius 1 is 1.14 bits per heavy atom. The molecule has 2 rings (SSSR count). The molecule has 0 aliphatic carbocycles. The summed E-state index contributed by atoms with van der Waals surface area (Å²) in [7, 11) is 1.81. The van der Waals surface area contributed by atoms with Crippen molar-refractivity contribution in [2.24, 2.45) is 7.05 Å². The summed E-state index contributed by atoms with van der Waals surface area (Å²) in [5, 5.41) is 5.32. The third-order valence-electron chi connectivity index (χ3n) is 1.72. The fourth-order valence-electron chi connectivity index (χ4n) is 1.15. The molecule has 3 nitrogen and oxygen atoms in total. The van der Waals surface area contributed by atoms with Crippen LogP contribution in [-0.2, 0) is 7.05 Å². The van der Waals surface area contributed by atoms with Crippen LogP contribution in [0, 0.1) is 0 Å². The van der Waals surface area contributed by atoms with Crippen molar-refractivity contribution in [3.8, 4) is 11.4 Å². The fourth-order valence-corrected chi connectivity index (χ4v) is 1.68. The van der Waals surface area contributed by atoms with E-state index in [-0.39, 0.29) is 0 Å². The Morgan fingerprint density at radius 2 is 1.79 bits per heavy atom. The Labute approximate surface area is 91.3 Å². The van der Waals surface area contributed by atoms with E-state index in [2.05, 4.69) is 10.1 Å². The van der Waals surface area contributed by atoms with Gasteiger partial charge in [0, 0.05) is 22.7 Å². The maximum absolute atomic E-state index is 5.86. The highest BCUT2D eigenvalue weighted by Gasteiger charge is 2.04. The van der Waals surface area contributed by atoms with E-state index in [9.17, 15) is 0 Å². The van der Waals surface area contributed by atoms with Gasteiger partial charge in [0.25, 0.3) is 0 Å². The van der Waals surface area contributed by atoms with Gasteiger partial charge in [0.2, 0.25) is 0 Å². The van der Waals surface area contributed by atoms with Crippen molar-refractivity contribution in [1.29, 1.82) is 0 Å². The minimum atomic E-state index is 0.583. The molecule has 0 radical (unpaired) electrons. The van der Waals surface area contributed by atoms with Gasteiger partial charge in [-0.25, -0.2) is 4.98 Å². The van der Waals surface area contributed by atoms with Gasteiger partial charge >= 0.3 is 0 Å². The SMILES string of the molecule is Cn1cnc(-c2cc(Cl)cc(Cl)c2)n1. The second-order valence-corrected chi connectivity index (χ2v) is 3.77. The number of hydrogen-bond acceptors (Lipinski definition) is 2. The van der Waals surface area contributed by atoms with Gasteiger partial charge in [-0.1, -0.05) is 23.2 Å². The van der Waals surface area contributed by atoms with Crippen molar-refractivity contribution >= 4 is 23.2 Å². The van der Waals surface area contributed by atoms with Crippen LogP contribution in [0.15, 0.2) is 24.5 Å². The lowest BCUT2D eigenvalue weighted by molar-refractivity contribution is 0.768. The predicted molar refractivity (Wildman–Crippen MR) is 56.5 cm³/mol. The van der Waals surface area contributed by atoms with Crippen molar-refractivity contribution in [1.82, 2.24) is 14.8 Å². The van der Waals surface area contributed by atoms with E-state index in [0.717, 1.165) is 5.56 Å². The summed E-state index contributed by atoms with van der Waals surface area (Å²) in [6.45, 7) is 0. The van der Waals surface area contributed by atoms with Crippen LogP contribution >= 0.6 is 23.2 Å². The smallest absolute Gasteiger partial charge is 0.181 e. The van der Waals surface area contributed by atoms with Crippen molar-refractivity contribution in [3.05, 3.63) is 34.6 Å². The molecule has 0 amide bonds. The van der Waals surface area contributed by atoms with Crippen LogP contribution in [-0.4, -0.2) is 14.8 Å². The second-order valence-electron chi connectivity index (χ2n) is 2.90. The number of benzene rings is 1. The summed E-state index contributed by atoms with van der Waals surface area (Å²) in [5.74, 6) is 0.622. The molecule has 0 atom stereocenters. The van der Waals surface area contributed by atoms with Crippen LogP contribution in [0.5, 0.6) is 0 Å². The van der Waals surface area contributed by atoms with E-state index in [0.29, 0.717) is 15.9 Å². The van der Waals surface area contributed by atoms with Crippen molar-refractivity contribution in [3.63, 3.8) is 0 Å². The number of rotatable bonds is 1. The number of aryl methyl sites for hydroxylation is 1. The minimum Gasteiger partial charge on any atom is -0.255 e. The van der Waals surface area contributed by atoms with Crippen molar-refractivity contribution < 1.29 is 0 Å². The molecule has 0 fully saturated rings. The first-order valence-electron chi connectivity index (χ1n) is 3.97. The van der Waals surface area contributed by atoms with Gasteiger partial charge in [-0.05, 0) is 18.2 Å². The molecule has 0 spiro atoms. The average Bonchev–Trinajstić information content (AvgIpc) is 2.50. The predicted octanol–water partition coefficient (Wildman–Crippen LogP) is 2.79. The maximum atomic E-state index is 5.86. The van der Waals surface area contributed by atoms with Crippen LogP contribution in [0.25, 0.3) is 11.4 Å². The van der Waals surface area contributed by atoms with Gasteiger partial charge in [0.05, 0.1) is 0 Å². The van der Waals surface area contributed by atoms with Gasteiger partial charge in [-0.3, -0.25) is 4.68 Å². The summed E-state index contributed by atoms with van der Waals surface area (Å²) in [6.07, 6.45) is 1.63. The van der Waals surface area contributed by atoms with E-state index >= 15 is 0 Å². The molecule has 0 bridgehead atoms. The third kappa shape index (κ3) is 1.89. The number of aromatic nitrogens is 3. The number of nitrogens with zero attached hydrogens (tertiary/aromatic N) is 3. The molecular formula is C9H7Cl2N3. The molecule has 0 aliphatic heterocycles.